The number of anilines is 5. The average Bonchev–Trinajstić information content (AvgIpc) is 3.18. The Balaban J connectivity index is 1.44. The van der Waals surface area contributed by atoms with Crippen molar-refractivity contribution in [2.75, 3.05) is 9.80 Å². The fraction of sp³-hybridized carbons (Fsp3) is 0.296. The summed E-state index contributed by atoms with van der Waals surface area (Å²) in [4.78, 5) is 5.10. The Kier molecular flexibility index (Phi) is 9.60. The molecular formula is C54H58N2. The average molecular weight is 735 g/mol. The highest BCUT2D eigenvalue weighted by molar-refractivity contribution is 6.29. The first-order valence-electron chi connectivity index (χ1n) is 20.7. The summed E-state index contributed by atoms with van der Waals surface area (Å²) in [6.07, 6.45) is 8.24. The van der Waals surface area contributed by atoms with Crippen LogP contribution in [-0.2, 0) is 5.41 Å². The molecule has 8 rings (SSSR count). The number of rotatable bonds is 8. The first kappa shape index (κ1) is 37.6. The predicted octanol–water partition coefficient (Wildman–Crippen LogP) is 16.0. The molecule has 0 bridgehead atoms. The molecule has 56 heavy (non-hydrogen) atoms. The molecule has 0 aromatic heterocycles. The molecule has 1 aliphatic carbocycles. The van der Waals surface area contributed by atoms with E-state index in [0.717, 1.165) is 12.1 Å². The zero-order chi connectivity index (χ0) is 39.5. The van der Waals surface area contributed by atoms with Gasteiger partial charge in [-0.3, -0.25) is 0 Å². The molecule has 7 aromatic rings. The Hall–Kier alpha value is -5.34. The Morgan fingerprint density at radius 3 is 1.48 bits per heavy atom. The van der Waals surface area contributed by atoms with Gasteiger partial charge in [0.2, 0.25) is 0 Å². The topological polar surface area (TPSA) is 6.48 Å². The van der Waals surface area contributed by atoms with Crippen molar-refractivity contribution < 1.29 is 0 Å². The monoisotopic (exact) mass is 734 g/mol. The van der Waals surface area contributed by atoms with E-state index in [-0.39, 0.29) is 16.9 Å². The largest absolute Gasteiger partial charge is 0.334 e. The van der Waals surface area contributed by atoms with Crippen LogP contribution >= 0.6 is 0 Å². The first-order chi connectivity index (χ1) is 26.7. The minimum Gasteiger partial charge on any atom is -0.334 e. The molecule has 0 saturated carbocycles. The van der Waals surface area contributed by atoms with E-state index >= 15 is 0 Å². The lowest BCUT2D eigenvalue weighted by atomic mass is 9.82. The van der Waals surface area contributed by atoms with Gasteiger partial charge in [0.25, 0.3) is 0 Å². The zero-order valence-corrected chi connectivity index (χ0v) is 35.1. The van der Waals surface area contributed by atoms with Crippen molar-refractivity contribution in [2.45, 2.75) is 99.0 Å². The quantitative estimate of drug-likeness (QED) is 0.143. The van der Waals surface area contributed by atoms with Crippen molar-refractivity contribution in [3.8, 4) is 0 Å². The van der Waals surface area contributed by atoms with Crippen LogP contribution < -0.4 is 9.80 Å². The lowest BCUT2D eigenvalue weighted by molar-refractivity contribution is 0.510. The Morgan fingerprint density at radius 1 is 0.518 bits per heavy atom. The summed E-state index contributed by atoms with van der Waals surface area (Å²) >= 11 is 0. The van der Waals surface area contributed by atoms with Crippen molar-refractivity contribution in [3.05, 3.63) is 162 Å². The zero-order valence-electron chi connectivity index (χ0n) is 35.1. The molecule has 7 aromatic carbocycles. The van der Waals surface area contributed by atoms with E-state index in [1.165, 1.54) is 77.3 Å². The highest BCUT2D eigenvalue weighted by Gasteiger charge is 2.29. The van der Waals surface area contributed by atoms with Gasteiger partial charge < -0.3 is 9.80 Å². The van der Waals surface area contributed by atoms with Gasteiger partial charge in [0.05, 0.1) is 11.7 Å². The Bertz CT molecular complexity index is 2560. The van der Waals surface area contributed by atoms with Gasteiger partial charge in [-0.1, -0.05) is 160 Å². The smallest absolute Gasteiger partial charge is 0.0560 e. The molecule has 0 N–H and O–H groups in total. The normalized spacial score (nSPS) is 15.1. The van der Waals surface area contributed by atoms with E-state index in [2.05, 4.69) is 219 Å². The number of hydrogen-bond donors (Lipinski definition) is 0. The second kappa shape index (κ2) is 14.3. The van der Waals surface area contributed by atoms with Crippen LogP contribution in [0.1, 0.15) is 104 Å². The van der Waals surface area contributed by atoms with Gasteiger partial charge in [-0.05, 0) is 121 Å². The summed E-state index contributed by atoms with van der Waals surface area (Å²) in [6, 6.07) is 46.0. The second-order valence-corrected chi connectivity index (χ2v) is 18.6. The molecule has 0 fully saturated rings. The maximum atomic E-state index is 2.61. The third-order valence-corrected chi connectivity index (χ3v) is 12.0. The number of hydrogen-bond acceptors (Lipinski definition) is 2. The SMILES string of the molecule is CC(C)c1cc(N(c2ccccc2)c2ccc(C(C)(C)C)cc2)c2ccc3c(C(C)C)cc(N(c4ccccc4)[C@H]4C=CC(C(C)(C)C)=CC4)c4ccc1c2c34. The summed E-state index contributed by atoms with van der Waals surface area (Å²) in [7, 11) is 0. The van der Waals surface area contributed by atoms with E-state index in [0.29, 0.717) is 11.8 Å². The van der Waals surface area contributed by atoms with Crippen LogP contribution in [0.2, 0.25) is 0 Å². The van der Waals surface area contributed by atoms with Gasteiger partial charge in [0.15, 0.2) is 0 Å². The van der Waals surface area contributed by atoms with Crippen molar-refractivity contribution >= 4 is 60.8 Å². The van der Waals surface area contributed by atoms with E-state index in [9.17, 15) is 0 Å². The standard InChI is InChI=1S/C54H58N2/c1-35(2)47-33-49(55(39-17-13-11-14-18-39)41-25-21-37(22-26-41)53(5,6)7)45-32-30-44-48(36(3)4)34-50(46-31-29-43(47)51(45)52(44)46)56(40-19-15-12-16-20-40)42-27-23-38(24-28-42)54(8,9)10/h11-27,29-36,42H,28H2,1-10H3/t42-/m0/s1. The number of nitrogens with zero attached hydrogens (tertiary/aromatic N) is 2. The van der Waals surface area contributed by atoms with Crippen LogP contribution in [0.4, 0.5) is 28.4 Å². The van der Waals surface area contributed by atoms with Gasteiger partial charge in [-0.25, -0.2) is 0 Å². The van der Waals surface area contributed by atoms with Gasteiger partial charge in [-0.2, -0.15) is 0 Å². The van der Waals surface area contributed by atoms with Crippen molar-refractivity contribution in [1.29, 1.82) is 0 Å². The van der Waals surface area contributed by atoms with E-state index in [4.69, 9.17) is 0 Å². The molecule has 0 radical (unpaired) electrons. The molecule has 0 unspecified atom stereocenters. The summed E-state index contributed by atoms with van der Waals surface area (Å²) in [6.45, 7) is 23.2. The molecule has 2 nitrogen and oxygen atoms in total. The number of para-hydroxylation sites is 2. The summed E-state index contributed by atoms with van der Waals surface area (Å²) in [5.41, 5.74) is 11.7. The predicted molar refractivity (Wildman–Crippen MR) is 245 cm³/mol. The maximum Gasteiger partial charge on any atom is 0.0560 e. The summed E-state index contributed by atoms with van der Waals surface area (Å²) in [5, 5.41) is 8.01. The van der Waals surface area contributed by atoms with Gasteiger partial charge in [0.1, 0.15) is 0 Å². The van der Waals surface area contributed by atoms with E-state index in [1.54, 1.807) is 0 Å². The minimum absolute atomic E-state index is 0.0754. The third-order valence-electron chi connectivity index (χ3n) is 12.0. The van der Waals surface area contributed by atoms with Crippen molar-refractivity contribution in [1.82, 2.24) is 0 Å². The van der Waals surface area contributed by atoms with Crippen LogP contribution in [0.3, 0.4) is 0 Å². The lowest BCUT2D eigenvalue weighted by Crippen LogP contribution is -2.31. The van der Waals surface area contributed by atoms with Crippen LogP contribution in [0.5, 0.6) is 0 Å². The first-order valence-corrected chi connectivity index (χ1v) is 20.7. The molecule has 0 aliphatic heterocycles. The van der Waals surface area contributed by atoms with Crippen LogP contribution in [0.15, 0.2) is 145 Å². The Labute approximate surface area is 335 Å². The van der Waals surface area contributed by atoms with Crippen molar-refractivity contribution in [3.63, 3.8) is 0 Å². The second-order valence-electron chi connectivity index (χ2n) is 18.6. The fourth-order valence-corrected chi connectivity index (χ4v) is 8.92. The maximum absolute atomic E-state index is 2.61. The summed E-state index contributed by atoms with van der Waals surface area (Å²) < 4.78 is 0. The fourth-order valence-electron chi connectivity index (χ4n) is 8.92. The van der Waals surface area contributed by atoms with E-state index < -0.39 is 0 Å². The van der Waals surface area contributed by atoms with Crippen LogP contribution in [0.25, 0.3) is 32.3 Å². The number of benzene rings is 7. The molecule has 0 saturated heterocycles. The third kappa shape index (κ3) is 6.68. The molecule has 284 valence electrons. The highest BCUT2D eigenvalue weighted by Crippen LogP contribution is 2.50. The highest BCUT2D eigenvalue weighted by atomic mass is 15.2. The lowest BCUT2D eigenvalue weighted by Gasteiger charge is -2.36. The van der Waals surface area contributed by atoms with Crippen LogP contribution in [0, 0.1) is 5.41 Å². The van der Waals surface area contributed by atoms with Gasteiger partial charge in [-0.15, -0.1) is 0 Å². The van der Waals surface area contributed by atoms with Gasteiger partial charge in [0, 0.05) is 33.5 Å². The van der Waals surface area contributed by atoms with Gasteiger partial charge >= 0.3 is 0 Å². The molecule has 0 spiro atoms. The molecule has 1 atom stereocenters. The molecule has 0 amide bonds. The molecule has 2 heteroatoms. The Morgan fingerprint density at radius 2 is 1.00 bits per heavy atom. The van der Waals surface area contributed by atoms with E-state index in [1.807, 2.05) is 0 Å². The van der Waals surface area contributed by atoms with Crippen LogP contribution in [-0.4, -0.2) is 6.04 Å². The molecule has 1 aliphatic rings. The van der Waals surface area contributed by atoms with Crippen molar-refractivity contribution in [2.24, 2.45) is 5.41 Å². The minimum atomic E-state index is 0.0754. The molecular weight excluding hydrogens is 677 g/mol. The number of allylic oxidation sites excluding steroid dienone is 2. The summed E-state index contributed by atoms with van der Waals surface area (Å²) in [5.74, 6) is 0.677. The molecule has 0 heterocycles.